The third-order valence-corrected chi connectivity index (χ3v) is 4.45. The Hall–Kier alpha value is -0.650. The Labute approximate surface area is 108 Å². The molecule has 3 heterocycles. The van der Waals surface area contributed by atoms with Crippen LogP contribution in [0.1, 0.15) is 12.8 Å². The van der Waals surface area contributed by atoms with Gasteiger partial charge in [-0.3, -0.25) is 9.69 Å². The maximum Gasteiger partial charge on any atom is 0.228 e. The first-order chi connectivity index (χ1) is 8.75. The van der Waals surface area contributed by atoms with Crippen molar-refractivity contribution < 1.29 is 14.3 Å². The highest BCUT2D eigenvalue weighted by Gasteiger charge is 2.38. The van der Waals surface area contributed by atoms with Crippen molar-refractivity contribution in [3.8, 4) is 0 Å². The van der Waals surface area contributed by atoms with E-state index in [0.717, 1.165) is 45.7 Å². The lowest BCUT2D eigenvalue weighted by atomic mass is 9.97. The third kappa shape index (κ3) is 2.27. The molecule has 0 aliphatic carbocycles. The highest BCUT2D eigenvalue weighted by Crippen LogP contribution is 2.24. The minimum Gasteiger partial charge on any atom is -0.381 e. The summed E-state index contributed by atoms with van der Waals surface area (Å²) in [5.74, 6) is 0.376. The summed E-state index contributed by atoms with van der Waals surface area (Å²) in [6, 6.07) is 0.374. The van der Waals surface area contributed by atoms with Gasteiger partial charge in [0.05, 0.1) is 31.3 Å². The molecule has 5 heteroatoms. The number of likely N-dealkylation sites (N-methyl/N-ethyl adjacent to an activating group) is 1. The lowest BCUT2D eigenvalue weighted by Gasteiger charge is -2.46. The van der Waals surface area contributed by atoms with Gasteiger partial charge in [-0.05, 0) is 19.9 Å². The molecular weight excluding hydrogens is 232 g/mol. The van der Waals surface area contributed by atoms with Crippen LogP contribution >= 0.6 is 0 Å². The van der Waals surface area contributed by atoms with E-state index in [1.54, 1.807) is 0 Å². The first-order valence-electron chi connectivity index (χ1n) is 6.94. The van der Waals surface area contributed by atoms with E-state index in [-0.39, 0.29) is 11.8 Å². The van der Waals surface area contributed by atoms with E-state index in [1.807, 2.05) is 4.90 Å². The molecule has 3 saturated heterocycles. The summed E-state index contributed by atoms with van der Waals surface area (Å²) in [5.41, 5.74) is 0. The number of piperidine rings is 1. The van der Waals surface area contributed by atoms with Gasteiger partial charge >= 0.3 is 0 Å². The molecule has 3 aliphatic rings. The number of likely N-dealkylation sites (tertiary alicyclic amines) is 1. The topological polar surface area (TPSA) is 42.0 Å². The zero-order valence-corrected chi connectivity index (χ0v) is 11.0. The number of carbonyl (C=O) groups is 1. The minimum atomic E-state index is 0.0939. The molecule has 0 saturated carbocycles. The van der Waals surface area contributed by atoms with Crippen molar-refractivity contribution in [1.82, 2.24) is 9.80 Å². The van der Waals surface area contributed by atoms with E-state index in [9.17, 15) is 4.79 Å². The van der Waals surface area contributed by atoms with Crippen LogP contribution in [-0.2, 0) is 14.3 Å². The van der Waals surface area contributed by atoms with Crippen molar-refractivity contribution >= 4 is 5.91 Å². The van der Waals surface area contributed by atoms with Gasteiger partial charge < -0.3 is 14.4 Å². The highest BCUT2D eigenvalue weighted by molar-refractivity contribution is 5.79. The summed E-state index contributed by atoms with van der Waals surface area (Å²) in [7, 11) is 2.13. The fourth-order valence-electron chi connectivity index (χ4n) is 3.23. The number of ether oxygens (including phenoxy) is 2. The number of morpholine rings is 1. The minimum absolute atomic E-state index is 0.0939. The quantitative estimate of drug-likeness (QED) is 0.658. The predicted octanol–water partition coefficient (Wildman–Crippen LogP) is -0.0456. The standard InChI is InChI=1S/C13H22N2O3/c1-14-5-7-18-12-2-4-15(8-11(12)14)13(16)10-3-6-17-9-10/h10-12H,2-9H2,1H3/t10-,11-,12-/m0/s1. The summed E-state index contributed by atoms with van der Waals surface area (Å²) in [6.07, 6.45) is 2.16. The maximum atomic E-state index is 12.4. The number of amides is 1. The van der Waals surface area contributed by atoms with Gasteiger partial charge in [0.25, 0.3) is 0 Å². The van der Waals surface area contributed by atoms with Gasteiger partial charge in [0, 0.05) is 26.2 Å². The molecular formula is C13H22N2O3. The van der Waals surface area contributed by atoms with E-state index in [1.165, 1.54) is 0 Å². The summed E-state index contributed by atoms with van der Waals surface area (Å²) in [6.45, 7) is 4.79. The van der Waals surface area contributed by atoms with Gasteiger partial charge in [-0.2, -0.15) is 0 Å². The van der Waals surface area contributed by atoms with Crippen LogP contribution in [0.25, 0.3) is 0 Å². The van der Waals surface area contributed by atoms with Crippen molar-refractivity contribution in [1.29, 1.82) is 0 Å². The average Bonchev–Trinajstić information content (AvgIpc) is 2.92. The van der Waals surface area contributed by atoms with Crippen LogP contribution in [0, 0.1) is 5.92 Å². The molecule has 0 aromatic rings. The van der Waals surface area contributed by atoms with E-state index in [2.05, 4.69) is 11.9 Å². The molecule has 18 heavy (non-hydrogen) atoms. The fraction of sp³-hybridized carbons (Fsp3) is 0.923. The first kappa shape index (κ1) is 12.4. The van der Waals surface area contributed by atoms with Gasteiger partial charge in [-0.25, -0.2) is 0 Å². The number of rotatable bonds is 1. The van der Waals surface area contributed by atoms with Crippen LogP contribution in [0.15, 0.2) is 0 Å². The second-order valence-corrected chi connectivity index (χ2v) is 5.59. The van der Waals surface area contributed by atoms with E-state index in [0.29, 0.717) is 18.8 Å². The van der Waals surface area contributed by atoms with Gasteiger partial charge in [0.2, 0.25) is 5.91 Å². The normalized spacial score (nSPS) is 37.6. The van der Waals surface area contributed by atoms with Crippen LogP contribution in [-0.4, -0.2) is 74.4 Å². The van der Waals surface area contributed by atoms with E-state index >= 15 is 0 Å². The molecule has 0 aromatic carbocycles. The molecule has 1 amide bonds. The summed E-state index contributed by atoms with van der Waals surface area (Å²) >= 11 is 0. The predicted molar refractivity (Wildman–Crippen MR) is 66.3 cm³/mol. The lowest BCUT2D eigenvalue weighted by molar-refractivity contribution is -0.145. The van der Waals surface area contributed by atoms with Gasteiger partial charge in [0.15, 0.2) is 0 Å². The number of hydrogen-bond donors (Lipinski definition) is 0. The van der Waals surface area contributed by atoms with Gasteiger partial charge in [0.1, 0.15) is 0 Å². The van der Waals surface area contributed by atoms with E-state index in [4.69, 9.17) is 9.47 Å². The van der Waals surface area contributed by atoms with Crippen molar-refractivity contribution in [2.24, 2.45) is 5.92 Å². The smallest absolute Gasteiger partial charge is 0.228 e. The second-order valence-electron chi connectivity index (χ2n) is 5.59. The van der Waals surface area contributed by atoms with Crippen LogP contribution in [0.5, 0.6) is 0 Å². The molecule has 0 aromatic heterocycles. The molecule has 3 fully saturated rings. The van der Waals surface area contributed by atoms with Crippen LogP contribution in [0.3, 0.4) is 0 Å². The van der Waals surface area contributed by atoms with Crippen LogP contribution in [0.2, 0.25) is 0 Å². The third-order valence-electron chi connectivity index (χ3n) is 4.45. The first-order valence-corrected chi connectivity index (χ1v) is 6.94. The highest BCUT2D eigenvalue weighted by atomic mass is 16.5. The number of fused-ring (bicyclic) bond motifs is 1. The van der Waals surface area contributed by atoms with Crippen LogP contribution in [0.4, 0.5) is 0 Å². The monoisotopic (exact) mass is 254 g/mol. The van der Waals surface area contributed by atoms with Gasteiger partial charge in [-0.15, -0.1) is 0 Å². The fourth-order valence-corrected chi connectivity index (χ4v) is 3.23. The second kappa shape index (κ2) is 5.15. The average molecular weight is 254 g/mol. The Balaban J connectivity index is 1.63. The number of nitrogens with zero attached hydrogens (tertiary/aromatic N) is 2. The molecule has 102 valence electrons. The van der Waals surface area contributed by atoms with Crippen LogP contribution < -0.4 is 0 Å². The summed E-state index contributed by atoms with van der Waals surface area (Å²) < 4.78 is 11.1. The summed E-state index contributed by atoms with van der Waals surface area (Å²) in [5, 5.41) is 0. The zero-order chi connectivity index (χ0) is 12.5. The summed E-state index contributed by atoms with van der Waals surface area (Å²) in [4.78, 5) is 16.7. The Kier molecular flexibility index (Phi) is 3.54. The Bertz CT molecular complexity index is 317. The molecule has 5 nitrogen and oxygen atoms in total. The number of hydrogen-bond acceptors (Lipinski definition) is 4. The van der Waals surface area contributed by atoms with Crippen molar-refractivity contribution in [2.45, 2.75) is 25.0 Å². The van der Waals surface area contributed by atoms with Crippen molar-refractivity contribution in [3.05, 3.63) is 0 Å². The molecule has 0 radical (unpaired) electrons. The van der Waals surface area contributed by atoms with Crippen molar-refractivity contribution in [3.63, 3.8) is 0 Å². The molecule has 0 unspecified atom stereocenters. The molecule has 0 N–H and O–H groups in total. The molecule has 0 spiro atoms. The zero-order valence-electron chi connectivity index (χ0n) is 11.0. The number of carbonyl (C=O) groups excluding carboxylic acids is 1. The molecule has 3 rings (SSSR count). The van der Waals surface area contributed by atoms with E-state index < -0.39 is 0 Å². The largest absolute Gasteiger partial charge is 0.381 e. The SMILES string of the molecule is CN1CCO[C@H]2CCN(C(=O)[C@H]3CCOC3)C[C@@H]21. The van der Waals surface area contributed by atoms with Crippen molar-refractivity contribution in [2.75, 3.05) is 46.5 Å². The Morgan fingerprint density at radius 3 is 2.89 bits per heavy atom. The van der Waals surface area contributed by atoms with Gasteiger partial charge in [-0.1, -0.05) is 0 Å². The maximum absolute atomic E-state index is 12.4. The molecule has 3 aliphatic heterocycles. The Morgan fingerprint density at radius 1 is 1.22 bits per heavy atom. The lowest BCUT2D eigenvalue weighted by Crippen LogP contribution is -2.60. The Morgan fingerprint density at radius 2 is 2.11 bits per heavy atom. The molecule has 3 atom stereocenters. The molecule has 0 bridgehead atoms.